The number of halogens is 1. The van der Waals surface area contributed by atoms with Gasteiger partial charge >= 0.3 is 0 Å². The van der Waals surface area contributed by atoms with Gasteiger partial charge in [0.2, 0.25) is 0 Å². The van der Waals surface area contributed by atoms with Crippen molar-refractivity contribution in [1.82, 2.24) is 5.32 Å². The molecule has 1 N–H and O–H groups in total. The fraction of sp³-hybridized carbons (Fsp3) is 0.647. The Morgan fingerprint density at radius 3 is 2.50 bits per heavy atom. The summed E-state index contributed by atoms with van der Waals surface area (Å²) in [6, 6.07) is 6.72. The van der Waals surface area contributed by atoms with E-state index >= 15 is 0 Å². The number of hydrogen-bond donors (Lipinski definition) is 1. The lowest BCUT2D eigenvalue weighted by molar-refractivity contribution is 0.554. The molecule has 1 heterocycles. The quantitative estimate of drug-likeness (QED) is 0.781. The lowest BCUT2D eigenvalue weighted by Crippen LogP contribution is -2.29. The molecule has 1 aromatic rings. The monoisotopic (exact) mass is 338 g/mol. The van der Waals surface area contributed by atoms with Gasteiger partial charge in [-0.25, -0.2) is 0 Å². The van der Waals surface area contributed by atoms with Gasteiger partial charge in [-0.1, -0.05) is 48.2 Å². The molecule has 2 rings (SSSR count). The van der Waals surface area contributed by atoms with Crippen molar-refractivity contribution in [2.75, 3.05) is 24.5 Å². The van der Waals surface area contributed by atoms with Crippen molar-refractivity contribution >= 4 is 21.6 Å². The SMILES string of the molecule is CCCNCc1ccc(Br)cc1N1CCCCCCC1. The Bertz CT molecular complexity index is 398. The van der Waals surface area contributed by atoms with Crippen LogP contribution in [0.15, 0.2) is 22.7 Å². The van der Waals surface area contributed by atoms with Crippen LogP contribution in [-0.4, -0.2) is 19.6 Å². The highest BCUT2D eigenvalue weighted by molar-refractivity contribution is 9.10. The highest BCUT2D eigenvalue weighted by atomic mass is 79.9. The van der Waals surface area contributed by atoms with Crippen molar-refractivity contribution < 1.29 is 0 Å². The fourth-order valence-corrected chi connectivity index (χ4v) is 3.22. The average molecular weight is 339 g/mol. The molecule has 0 radical (unpaired) electrons. The van der Waals surface area contributed by atoms with Crippen LogP contribution in [-0.2, 0) is 6.54 Å². The molecule has 0 aliphatic carbocycles. The van der Waals surface area contributed by atoms with Crippen LogP contribution >= 0.6 is 15.9 Å². The summed E-state index contributed by atoms with van der Waals surface area (Å²) in [7, 11) is 0. The second kappa shape index (κ2) is 8.68. The van der Waals surface area contributed by atoms with Gasteiger partial charge in [-0.05, 0) is 43.5 Å². The van der Waals surface area contributed by atoms with Crippen LogP contribution in [0.2, 0.25) is 0 Å². The molecule has 0 bridgehead atoms. The summed E-state index contributed by atoms with van der Waals surface area (Å²) in [5, 5.41) is 3.54. The molecule has 0 spiro atoms. The van der Waals surface area contributed by atoms with E-state index < -0.39 is 0 Å². The number of nitrogens with one attached hydrogen (secondary N) is 1. The van der Waals surface area contributed by atoms with Crippen molar-refractivity contribution in [2.24, 2.45) is 0 Å². The molecule has 0 saturated carbocycles. The molecule has 20 heavy (non-hydrogen) atoms. The van der Waals surface area contributed by atoms with Crippen LogP contribution in [0.1, 0.15) is 51.0 Å². The topological polar surface area (TPSA) is 15.3 Å². The summed E-state index contributed by atoms with van der Waals surface area (Å²) >= 11 is 3.63. The van der Waals surface area contributed by atoms with Crippen LogP contribution < -0.4 is 10.2 Å². The first-order chi connectivity index (χ1) is 9.81. The summed E-state index contributed by atoms with van der Waals surface area (Å²) < 4.78 is 1.19. The number of rotatable bonds is 5. The summed E-state index contributed by atoms with van der Waals surface area (Å²) in [6.07, 6.45) is 8.03. The molecule has 1 aliphatic heterocycles. The van der Waals surface area contributed by atoms with Gasteiger partial charge < -0.3 is 10.2 Å². The zero-order valence-corrected chi connectivity index (χ0v) is 14.2. The normalized spacial score (nSPS) is 16.8. The van der Waals surface area contributed by atoms with Crippen molar-refractivity contribution in [3.63, 3.8) is 0 Å². The van der Waals surface area contributed by atoms with E-state index in [0.29, 0.717) is 0 Å². The lowest BCUT2D eigenvalue weighted by atomic mass is 10.1. The maximum atomic E-state index is 3.63. The summed E-state index contributed by atoms with van der Waals surface area (Å²) in [5.74, 6) is 0. The third-order valence-electron chi connectivity index (χ3n) is 3.99. The van der Waals surface area contributed by atoms with Gasteiger partial charge in [0, 0.05) is 29.8 Å². The second-order valence-electron chi connectivity index (χ2n) is 5.70. The van der Waals surface area contributed by atoms with Gasteiger partial charge in [-0.15, -0.1) is 0 Å². The zero-order valence-electron chi connectivity index (χ0n) is 12.6. The predicted molar refractivity (Wildman–Crippen MR) is 91.4 cm³/mol. The van der Waals surface area contributed by atoms with E-state index in [4.69, 9.17) is 0 Å². The minimum atomic E-state index is 0.979. The van der Waals surface area contributed by atoms with E-state index in [1.54, 1.807) is 0 Å². The Morgan fingerprint density at radius 2 is 1.80 bits per heavy atom. The van der Waals surface area contributed by atoms with E-state index in [1.807, 2.05) is 0 Å². The van der Waals surface area contributed by atoms with Gasteiger partial charge in [0.15, 0.2) is 0 Å². The molecule has 1 saturated heterocycles. The zero-order chi connectivity index (χ0) is 14.2. The molecule has 1 aliphatic rings. The van der Waals surface area contributed by atoms with Crippen LogP contribution in [0, 0.1) is 0 Å². The molecule has 0 atom stereocenters. The summed E-state index contributed by atoms with van der Waals surface area (Å²) in [6.45, 7) is 6.70. The van der Waals surface area contributed by atoms with E-state index in [-0.39, 0.29) is 0 Å². The molecule has 3 heteroatoms. The van der Waals surface area contributed by atoms with Gasteiger partial charge in [0.1, 0.15) is 0 Å². The van der Waals surface area contributed by atoms with Crippen LogP contribution in [0.5, 0.6) is 0 Å². The first-order valence-corrected chi connectivity index (χ1v) is 8.84. The predicted octanol–water partition coefficient (Wildman–Crippen LogP) is 4.72. The van der Waals surface area contributed by atoms with E-state index in [0.717, 1.165) is 13.1 Å². The first kappa shape index (κ1) is 15.8. The van der Waals surface area contributed by atoms with Gasteiger partial charge in [0.25, 0.3) is 0 Å². The molecule has 112 valence electrons. The minimum absolute atomic E-state index is 0.979. The standard InChI is InChI=1S/C17H27BrN2/c1-2-10-19-14-15-8-9-16(18)13-17(15)20-11-6-4-3-5-7-12-20/h8-9,13,19H,2-7,10-12,14H2,1H3. The third-order valence-corrected chi connectivity index (χ3v) is 4.48. The van der Waals surface area contributed by atoms with Crippen LogP contribution in [0.3, 0.4) is 0 Å². The van der Waals surface area contributed by atoms with Gasteiger partial charge in [0.05, 0.1) is 0 Å². The second-order valence-corrected chi connectivity index (χ2v) is 6.62. The highest BCUT2D eigenvalue weighted by Gasteiger charge is 2.13. The molecule has 0 aromatic heterocycles. The van der Waals surface area contributed by atoms with Crippen LogP contribution in [0.25, 0.3) is 0 Å². The molecule has 0 unspecified atom stereocenters. The molecule has 2 nitrogen and oxygen atoms in total. The highest BCUT2D eigenvalue weighted by Crippen LogP contribution is 2.27. The molecule has 1 fully saturated rings. The molecule has 1 aromatic carbocycles. The first-order valence-electron chi connectivity index (χ1n) is 8.05. The number of benzene rings is 1. The number of hydrogen-bond acceptors (Lipinski definition) is 2. The Balaban J connectivity index is 2.11. The fourth-order valence-electron chi connectivity index (χ4n) is 2.87. The van der Waals surface area contributed by atoms with Gasteiger partial charge in [-0.2, -0.15) is 0 Å². The van der Waals surface area contributed by atoms with E-state index in [9.17, 15) is 0 Å². The van der Waals surface area contributed by atoms with E-state index in [2.05, 4.69) is 51.3 Å². The number of anilines is 1. The Hall–Kier alpha value is -0.540. The smallest absolute Gasteiger partial charge is 0.0423 e. The number of nitrogens with zero attached hydrogens (tertiary/aromatic N) is 1. The van der Waals surface area contributed by atoms with Crippen molar-refractivity contribution in [1.29, 1.82) is 0 Å². The third kappa shape index (κ3) is 4.78. The maximum absolute atomic E-state index is 3.63. The average Bonchev–Trinajstić information content (AvgIpc) is 2.40. The van der Waals surface area contributed by atoms with E-state index in [1.165, 1.54) is 67.3 Å². The summed E-state index contributed by atoms with van der Waals surface area (Å²) in [4.78, 5) is 2.59. The Labute approximate surface area is 132 Å². The summed E-state index contributed by atoms with van der Waals surface area (Å²) in [5.41, 5.74) is 2.85. The molecular formula is C17H27BrN2. The molecular weight excluding hydrogens is 312 g/mol. The van der Waals surface area contributed by atoms with Gasteiger partial charge in [-0.3, -0.25) is 0 Å². The Morgan fingerprint density at radius 1 is 1.10 bits per heavy atom. The Kier molecular flexibility index (Phi) is 6.88. The minimum Gasteiger partial charge on any atom is -0.371 e. The largest absolute Gasteiger partial charge is 0.371 e. The van der Waals surface area contributed by atoms with Crippen molar-refractivity contribution in [3.8, 4) is 0 Å². The molecule has 0 amide bonds. The van der Waals surface area contributed by atoms with Crippen molar-refractivity contribution in [3.05, 3.63) is 28.2 Å². The van der Waals surface area contributed by atoms with Crippen molar-refractivity contribution in [2.45, 2.75) is 52.0 Å². The van der Waals surface area contributed by atoms with Crippen LogP contribution in [0.4, 0.5) is 5.69 Å². The maximum Gasteiger partial charge on any atom is 0.0423 e. The lowest BCUT2D eigenvalue weighted by Gasteiger charge is -2.29.